The number of amides is 2. The lowest BCUT2D eigenvalue weighted by atomic mass is 9.80. The molecule has 2 heterocycles. The summed E-state index contributed by atoms with van der Waals surface area (Å²) in [6.45, 7) is 12.6. The number of anilines is 1. The third kappa shape index (κ3) is 6.93. The van der Waals surface area contributed by atoms with Gasteiger partial charge in [0.25, 0.3) is 11.8 Å². The number of para-hydroxylation sites is 2. The lowest BCUT2D eigenvalue weighted by molar-refractivity contribution is -0.129. The monoisotopic (exact) mass is 587 g/mol. The molecule has 2 amide bonds. The summed E-state index contributed by atoms with van der Waals surface area (Å²) in [5.41, 5.74) is 1.81. The van der Waals surface area contributed by atoms with Crippen LogP contribution in [0, 0.1) is 0 Å². The summed E-state index contributed by atoms with van der Waals surface area (Å²) in [5.74, 6) is -0.973. The average Bonchev–Trinajstić information content (AvgIpc) is 3.45. The Morgan fingerprint density at radius 3 is 2.26 bits per heavy atom. The van der Waals surface area contributed by atoms with Gasteiger partial charge in [-0.2, -0.15) is 0 Å². The second-order valence-corrected chi connectivity index (χ2v) is 13.0. The predicted molar refractivity (Wildman–Crippen MR) is 168 cm³/mol. The normalized spacial score (nSPS) is 18.3. The Bertz CT molecular complexity index is 1390. The first-order valence-corrected chi connectivity index (χ1v) is 15.7. The second kappa shape index (κ2) is 12.9. The Morgan fingerprint density at radius 2 is 1.63 bits per heavy atom. The molecule has 2 aliphatic rings. The fourth-order valence-electron chi connectivity index (χ4n) is 6.29. The fraction of sp³-hybridized carbons (Fsp3) is 0.529. The molecule has 9 nitrogen and oxygen atoms in total. The van der Waals surface area contributed by atoms with Gasteiger partial charge in [-0.05, 0) is 76.4 Å². The molecule has 1 aromatic heterocycles. The zero-order chi connectivity index (χ0) is 30.6. The van der Waals surface area contributed by atoms with Gasteiger partial charge in [0.05, 0.1) is 6.04 Å². The largest absolute Gasteiger partial charge is 0.434 e. The molecule has 0 bridgehead atoms. The quantitative estimate of drug-likeness (QED) is 0.325. The van der Waals surface area contributed by atoms with Crippen LogP contribution in [0.5, 0.6) is 0 Å². The number of carbonyl (C=O) groups is 3. The number of oxazole rings is 1. The molecule has 2 aromatic carbocycles. The molecule has 3 aromatic rings. The van der Waals surface area contributed by atoms with Crippen LogP contribution < -0.4 is 15.5 Å². The van der Waals surface area contributed by atoms with Crippen LogP contribution in [0.25, 0.3) is 11.1 Å². The van der Waals surface area contributed by atoms with E-state index in [4.69, 9.17) is 4.42 Å². The Hall–Kier alpha value is -3.72. The molecule has 1 atom stereocenters. The number of fused-ring (bicyclic) bond motifs is 1. The summed E-state index contributed by atoms with van der Waals surface area (Å²) in [6, 6.07) is 14.1. The van der Waals surface area contributed by atoms with E-state index in [2.05, 4.69) is 46.2 Å². The second-order valence-electron chi connectivity index (χ2n) is 13.0. The number of hydrogen-bond acceptors (Lipinski definition) is 7. The molecule has 1 aliphatic heterocycles. The van der Waals surface area contributed by atoms with E-state index in [0.29, 0.717) is 42.3 Å². The number of benzene rings is 2. The van der Waals surface area contributed by atoms with Crippen LogP contribution in [0.3, 0.4) is 0 Å². The number of aromatic nitrogens is 1. The maximum Gasteiger partial charge on any atom is 0.266 e. The topological polar surface area (TPSA) is 108 Å². The van der Waals surface area contributed by atoms with Gasteiger partial charge in [-0.3, -0.25) is 19.3 Å². The highest BCUT2D eigenvalue weighted by molar-refractivity contribution is 6.03. The first-order valence-electron chi connectivity index (χ1n) is 15.7. The lowest BCUT2D eigenvalue weighted by Crippen LogP contribution is -2.62. The maximum atomic E-state index is 13.9. The van der Waals surface area contributed by atoms with Crippen LogP contribution in [0.2, 0.25) is 0 Å². The molecule has 0 radical (unpaired) electrons. The zero-order valence-corrected chi connectivity index (χ0v) is 25.9. The van der Waals surface area contributed by atoms with Gasteiger partial charge in [0.15, 0.2) is 5.58 Å². The number of hydrogen-bond donors (Lipinski definition) is 2. The predicted octanol–water partition coefficient (Wildman–Crippen LogP) is 5.35. The van der Waals surface area contributed by atoms with E-state index in [1.807, 2.05) is 43.3 Å². The van der Waals surface area contributed by atoms with E-state index >= 15 is 0 Å². The fourth-order valence-corrected chi connectivity index (χ4v) is 6.29. The van der Waals surface area contributed by atoms with E-state index in [1.54, 1.807) is 12.1 Å². The average molecular weight is 588 g/mol. The molecular weight excluding hydrogens is 542 g/mol. The standard InChI is InChI=1S/C34H45N5O4/c1-5-11-27(29(40)31-35-26-12-7-8-13-28(26)43-31)36-32(42)34(18-9-6-10-19-34)37-30(41)24-14-16-25(17-15-24)38-20-22-39(23-21-38)33(2,3)4/h7-8,12-17,27H,5-6,9-11,18-23H2,1-4H3,(H,36,42)(H,37,41)/t27-/m0/s1. The van der Waals surface area contributed by atoms with Crippen LogP contribution in [0.15, 0.2) is 52.9 Å². The van der Waals surface area contributed by atoms with Gasteiger partial charge in [0.1, 0.15) is 11.1 Å². The summed E-state index contributed by atoms with van der Waals surface area (Å²) in [6.07, 6.45) is 4.83. The summed E-state index contributed by atoms with van der Waals surface area (Å²) < 4.78 is 5.72. The molecule has 9 heteroatoms. The van der Waals surface area contributed by atoms with Crippen molar-refractivity contribution in [1.82, 2.24) is 20.5 Å². The highest BCUT2D eigenvalue weighted by atomic mass is 16.4. The minimum atomic E-state index is -1.08. The first-order chi connectivity index (χ1) is 20.6. The minimum Gasteiger partial charge on any atom is -0.434 e. The summed E-state index contributed by atoms with van der Waals surface area (Å²) in [4.78, 5) is 50.1. The zero-order valence-electron chi connectivity index (χ0n) is 25.9. The Balaban J connectivity index is 1.27. The van der Waals surface area contributed by atoms with E-state index in [9.17, 15) is 14.4 Å². The third-order valence-corrected chi connectivity index (χ3v) is 8.92. The van der Waals surface area contributed by atoms with E-state index in [0.717, 1.165) is 51.1 Å². The molecule has 43 heavy (non-hydrogen) atoms. The summed E-state index contributed by atoms with van der Waals surface area (Å²) in [7, 11) is 0. The maximum absolute atomic E-state index is 13.9. The van der Waals surface area contributed by atoms with Crippen molar-refractivity contribution in [2.45, 2.75) is 89.8 Å². The highest BCUT2D eigenvalue weighted by Crippen LogP contribution is 2.30. The number of rotatable bonds is 9. The van der Waals surface area contributed by atoms with Crippen LogP contribution >= 0.6 is 0 Å². The van der Waals surface area contributed by atoms with Gasteiger partial charge < -0.3 is 20.0 Å². The van der Waals surface area contributed by atoms with E-state index < -0.39 is 11.6 Å². The number of nitrogens with zero attached hydrogens (tertiary/aromatic N) is 3. The molecule has 0 unspecified atom stereocenters. The van der Waals surface area contributed by atoms with Crippen LogP contribution in [-0.4, -0.2) is 70.8 Å². The Kier molecular flexibility index (Phi) is 9.20. The van der Waals surface area contributed by atoms with E-state index in [1.165, 1.54) is 0 Å². The molecule has 2 fully saturated rings. The lowest BCUT2D eigenvalue weighted by Gasteiger charge is -2.43. The molecule has 1 saturated carbocycles. The highest BCUT2D eigenvalue weighted by Gasteiger charge is 2.43. The van der Waals surface area contributed by atoms with Crippen molar-refractivity contribution < 1.29 is 18.8 Å². The summed E-state index contributed by atoms with van der Waals surface area (Å²) >= 11 is 0. The molecular formula is C34H45N5O4. The third-order valence-electron chi connectivity index (χ3n) is 8.92. The van der Waals surface area contributed by atoms with Gasteiger partial charge in [-0.25, -0.2) is 4.98 Å². The van der Waals surface area contributed by atoms with Crippen LogP contribution in [-0.2, 0) is 4.79 Å². The smallest absolute Gasteiger partial charge is 0.266 e. The van der Waals surface area contributed by atoms with Crippen molar-refractivity contribution >= 4 is 34.4 Å². The van der Waals surface area contributed by atoms with Gasteiger partial charge in [-0.15, -0.1) is 0 Å². The van der Waals surface area contributed by atoms with Crippen molar-refractivity contribution in [1.29, 1.82) is 0 Å². The number of carbonyl (C=O) groups excluding carboxylic acids is 3. The van der Waals surface area contributed by atoms with E-state index in [-0.39, 0.29) is 29.0 Å². The van der Waals surface area contributed by atoms with Crippen LogP contribution in [0.1, 0.15) is 93.7 Å². The number of Topliss-reactive ketones (excluding diaryl/α,β-unsaturated/α-hetero) is 1. The number of nitrogens with one attached hydrogen (secondary N) is 2. The van der Waals surface area contributed by atoms with Gasteiger partial charge in [0.2, 0.25) is 11.7 Å². The molecule has 1 saturated heterocycles. The Labute approximate surface area is 254 Å². The van der Waals surface area contributed by atoms with Crippen molar-refractivity contribution in [3.05, 3.63) is 60.0 Å². The van der Waals surface area contributed by atoms with Crippen molar-refractivity contribution in [2.75, 3.05) is 31.1 Å². The van der Waals surface area contributed by atoms with Crippen LogP contribution in [0.4, 0.5) is 5.69 Å². The molecule has 230 valence electrons. The summed E-state index contributed by atoms with van der Waals surface area (Å²) in [5, 5.41) is 6.08. The van der Waals surface area contributed by atoms with Crippen molar-refractivity contribution in [3.63, 3.8) is 0 Å². The van der Waals surface area contributed by atoms with Gasteiger partial charge in [0, 0.05) is 43.0 Å². The Morgan fingerprint density at radius 1 is 0.953 bits per heavy atom. The molecule has 0 spiro atoms. The van der Waals surface area contributed by atoms with Crippen molar-refractivity contribution in [2.24, 2.45) is 0 Å². The number of piperazine rings is 1. The molecule has 2 N–H and O–H groups in total. The SMILES string of the molecule is CCC[C@H](NC(=O)C1(NC(=O)c2ccc(N3CCN(C(C)(C)C)CC3)cc2)CCCCC1)C(=O)c1nc2ccccc2o1. The number of ketones is 1. The molecule has 5 rings (SSSR count). The van der Waals surface area contributed by atoms with Gasteiger partial charge in [-0.1, -0.05) is 44.7 Å². The first kappa shape index (κ1) is 30.7. The minimum absolute atomic E-state index is 0.0124. The van der Waals surface area contributed by atoms with Gasteiger partial charge >= 0.3 is 0 Å². The van der Waals surface area contributed by atoms with Crippen molar-refractivity contribution in [3.8, 4) is 0 Å². The molecule has 1 aliphatic carbocycles.